The number of piperazine rings is 1. The van der Waals surface area contributed by atoms with E-state index in [9.17, 15) is 4.79 Å². The number of ether oxygens (including phenoxy) is 5. The lowest BCUT2D eigenvalue weighted by Gasteiger charge is -2.48. The van der Waals surface area contributed by atoms with Crippen LogP contribution in [-0.4, -0.2) is 109 Å². The minimum Gasteiger partial charge on any atom is -0.497 e. The van der Waals surface area contributed by atoms with Crippen LogP contribution >= 0.6 is 0 Å². The van der Waals surface area contributed by atoms with Crippen LogP contribution in [0.3, 0.4) is 0 Å². The third-order valence-corrected chi connectivity index (χ3v) is 21.4. The molecule has 5 atom stereocenters. The highest BCUT2D eigenvalue weighted by Crippen LogP contribution is 2.61. The molecule has 1 saturated carbocycles. The summed E-state index contributed by atoms with van der Waals surface area (Å²) < 4.78 is 106. The first kappa shape index (κ1) is 56.4. The topological polar surface area (TPSA) is 134 Å². The summed E-state index contributed by atoms with van der Waals surface area (Å²) in [4.78, 5) is 38.7. The lowest BCUT2D eigenvalue weighted by Crippen LogP contribution is -2.67. The molecule has 7 aromatic rings. The van der Waals surface area contributed by atoms with Gasteiger partial charge in [0, 0.05) is 43.9 Å². The molecule has 3 fully saturated rings. The lowest BCUT2D eigenvalue weighted by atomic mass is 9.98. The lowest BCUT2D eigenvalue weighted by molar-refractivity contribution is 0.000789. The third kappa shape index (κ3) is 10.3. The summed E-state index contributed by atoms with van der Waals surface area (Å²) in [5, 5.41) is 1.44. The molecule has 4 aromatic carbocycles. The Bertz CT molecular complexity index is 3410. The summed E-state index contributed by atoms with van der Waals surface area (Å²) in [6.07, 6.45) is -0.500. The molecule has 2 saturated heterocycles. The highest BCUT2D eigenvalue weighted by molar-refractivity contribution is 6.99. The number of amides is 1. The number of anilines is 2. The van der Waals surface area contributed by atoms with Crippen molar-refractivity contribution in [3.8, 4) is 34.6 Å². The molecule has 0 N–H and O–H groups in total. The van der Waals surface area contributed by atoms with Crippen LogP contribution in [0, 0.1) is 24.0 Å². The van der Waals surface area contributed by atoms with Crippen LogP contribution in [0.25, 0.3) is 22.2 Å². The number of halogens is 4. The molecule has 4 aliphatic rings. The molecule has 3 aliphatic heterocycles. The van der Waals surface area contributed by atoms with Crippen LogP contribution in [0.5, 0.6) is 23.4 Å². The number of methoxy groups -OCH3 is 2. The SMILES string of the molecule is COc1ccc(CN(Cc2ccc(OC)cc2)c2nc(C)cc(-c3nc4c5c(nc(OCC6(CO[Si](c7ccccc7)(c7ccccc7)C(C)(C)C)CC6(F)F)nc5c3F)N3C[C@H]5CC[C@@H]([C@H]3[C@H](C)O4)N5C(=O)OC(C)(C)C)c2F)cc1. The standard InChI is InChI=1S/C63H69F4N7O7Si/c1-38-31-47(50(64)56(68-38)72(32-40-21-26-43(76-9)27-22-40)33-41-23-28-44(77-10)29-24-41)52-51(65)53-49-55(73-34-42-25-30-48(54(73)39(2)80-57(49)69-52)74(42)59(75)81-60(3,4)5)71-58(70-53)78-36-62(35-63(62,66)67)37-79-82(61(6,7)8,45-17-13-11-14-18-45)46-19-15-12-16-20-46/h11-24,26-29,31,39,42,48,54H,25,30,32-37H2,1-10H3/t39-,42+,48-,54+,62?/m0/s1. The first-order chi connectivity index (χ1) is 39.0. The van der Waals surface area contributed by atoms with Crippen molar-refractivity contribution in [2.75, 3.05) is 43.8 Å². The van der Waals surface area contributed by atoms with Crippen molar-refractivity contribution in [2.45, 2.75) is 129 Å². The second-order valence-corrected chi connectivity index (χ2v) is 28.5. The molecule has 2 bridgehead atoms. The summed E-state index contributed by atoms with van der Waals surface area (Å²) in [7, 11) is -0.145. The maximum atomic E-state index is 18.3. The molecule has 1 amide bonds. The molecule has 6 heterocycles. The minimum absolute atomic E-state index is 0.0678. The molecule has 14 nitrogen and oxygen atoms in total. The summed E-state index contributed by atoms with van der Waals surface area (Å²) in [6.45, 7) is 14.9. The number of aryl methyl sites for hydroxylation is 1. The van der Waals surface area contributed by atoms with Gasteiger partial charge in [-0.05, 0) is 104 Å². The predicted molar refractivity (Wildman–Crippen MR) is 308 cm³/mol. The van der Waals surface area contributed by atoms with E-state index in [1.165, 1.54) is 6.07 Å². The van der Waals surface area contributed by atoms with Crippen molar-refractivity contribution in [3.05, 3.63) is 144 Å². The largest absolute Gasteiger partial charge is 0.497 e. The number of benzene rings is 4. The molecule has 3 aromatic heterocycles. The van der Waals surface area contributed by atoms with Crippen molar-refractivity contribution in [3.63, 3.8) is 0 Å². The zero-order chi connectivity index (χ0) is 58.1. The van der Waals surface area contributed by atoms with Crippen LogP contribution in [0.15, 0.2) is 115 Å². The molecule has 11 rings (SSSR count). The molecular weight excluding hydrogens is 1070 g/mol. The average molecular weight is 1140 g/mol. The number of nitrogens with zero attached hydrogens (tertiary/aromatic N) is 7. The van der Waals surface area contributed by atoms with Crippen LogP contribution in [0.4, 0.5) is 34.0 Å². The van der Waals surface area contributed by atoms with Gasteiger partial charge in [0.1, 0.15) is 52.2 Å². The number of hydrogen-bond donors (Lipinski definition) is 0. The quantitative estimate of drug-likeness (QED) is 0.0672. The van der Waals surface area contributed by atoms with Crippen molar-refractivity contribution in [1.29, 1.82) is 0 Å². The van der Waals surface area contributed by atoms with Gasteiger partial charge in [0.25, 0.3) is 14.2 Å². The van der Waals surface area contributed by atoms with E-state index in [-0.39, 0.29) is 72.3 Å². The number of pyridine rings is 2. The van der Waals surface area contributed by atoms with Gasteiger partial charge >= 0.3 is 12.1 Å². The smallest absolute Gasteiger partial charge is 0.410 e. The van der Waals surface area contributed by atoms with Crippen molar-refractivity contribution >= 4 is 47.3 Å². The Kier molecular flexibility index (Phi) is 14.7. The average Bonchev–Trinajstić information content (AvgIpc) is 2.25. The highest BCUT2D eigenvalue weighted by Gasteiger charge is 2.73. The van der Waals surface area contributed by atoms with E-state index in [1.54, 1.807) is 30.9 Å². The van der Waals surface area contributed by atoms with Crippen molar-refractivity contribution in [2.24, 2.45) is 5.41 Å². The number of carbonyl (C=O) groups is 1. The number of fused-ring (bicyclic) bond motifs is 5. The van der Waals surface area contributed by atoms with Crippen LogP contribution in [0.1, 0.15) is 84.5 Å². The van der Waals surface area contributed by atoms with E-state index in [1.807, 2.05) is 142 Å². The summed E-state index contributed by atoms with van der Waals surface area (Å²) in [6, 6.07) is 34.0. The number of alkyl halides is 2. The van der Waals surface area contributed by atoms with Gasteiger partial charge in [-0.25, -0.2) is 32.3 Å². The first-order valence-corrected chi connectivity index (χ1v) is 29.7. The van der Waals surface area contributed by atoms with Crippen LogP contribution < -0.4 is 39.1 Å². The molecule has 1 unspecified atom stereocenters. The molecule has 19 heteroatoms. The Morgan fingerprint density at radius 3 is 1.90 bits per heavy atom. The van der Waals surface area contributed by atoms with Gasteiger partial charge in [-0.3, -0.25) is 4.90 Å². The van der Waals surface area contributed by atoms with Gasteiger partial charge in [0.15, 0.2) is 17.5 Å². The van der Waals surface area contributed by atoms with E-state index in [2.05, 4.69) is 20.8 Å². The zero-order valence-electron chi connectivity index (χ0n) is 47.9. The monoisotopic (exact) mass is 1140 g/mol. The molecule has 82 heavy (non-hydrogen) atoms. The van der Waals surface area contributed by atoms with Crippen LogP contribution in [0.2, 0.25) is 5.04 Å². The molecule has 0 spiro atoms. The van der Waals surface area contributed by atoms with Gasteiger partial charge in [-0.2, -0.15) is 9.97 Å². The summed E-state index contributed by atoms with van der Waals surface area (Å²) in [5.74, 6) is -3.76. The maximum Gasteiger partial charge on any atom is 0.410 e. The Balaban J connectivity index is 1.02. The van der Waals surface area contributed by atoms with Gasteiger partial charge < -0.3 is 37.9 Å². The number of rotatable bonds is 16. The Labute approximate surface area is 476 Å². The summed E-state index contributed by atoms with van der Waals surface area (Å²) in [5.41, 5.74) is -1.55. The molecular formula is C63H69F4N7O7Si. The van der Waals surface area contributed by atoms with Gasteiger partial charge in [0.2, 0.25) is 5.88 Å². The first-order valence-electron chi connectivity index (χ1n) is 27.8. The second kappa shape index (κ2) is 21.3. The fourth-order valence-corrected chi connectivity index (χ4v) is 17.0. The number of aromatic nitrogens is 4. The van der Waals surface area contributed by atoms with Crippen LogP contribution in [-0.2, 0) is 22.3 Å². The number of carbonyl (C=O) groups excluding carboxylic acids is 1. The highest BCUT2D eigenvalue weighted by atomic mass is 28.4. The Morgan fingerprint density at radius 2 is 1.37 bits per heavy atom. The molecule has 0 radical (unpaired) electrons. The van der Waals surface area contributed by atoms with Gasteiger partial charge in [-0.15, -0.1) is 0 Å². The predicted octanol–water partition coefficient (Wildman–Crippen LogP) is 11.6. The van der Waals surface area contributed by atoms with E-state index in [0.717, 1.165) is 21.5 Å². The zero-order valence-corrected chi connectivity index (χ0v) is 48.9. The fraction of sp³-hybridized carbons (Fsp3) is 0.413. The third-order valence-electron chi connectivity index (χ3n) is 16.4. The van der Waals surface area contributed by atoms with Gasteiger partial charge in [0.05, 0.1) is 37.8 Å². The molecule has 1 aliphatic carbocycles. The molecule has 430 valence electrons. The number of hydrogen-bond acceptors (Lipinski definition) is 13. The van der Waals surface area contributed by atoms with E-state index in [0.29, 0.717) is 30.0 Å². The fourth-order valence-electron chi connectivity index (χ4n) is 12.3. The van der Waals surface area contributed by atoms with Gasteiger partial charge in [-0.1, -0.05) is 106 Å². The van der Waals surface area contributed by atoms with Crippen molar-refractivity contribution < 1.29 is 50.5 Å². The second-order valence-electron chi connectivity index (χ2n) is 24.2. The minimum atomic E-state index is -3.30. The van der Waals surface area contributed by atoms with E-state index >= 15 is 17.6 Å². The van der Waals surface area contributed by atoms with Crippen molar-refractivity contribution in [1.82, 2.24) is 24.8 Å². The Hall–Kier alpha value is -7.51. The normalized spacial score (nSPS) is 20.9. The Morgan fingerprint density at radius 1 is 0.780 bits per heavy atom. The summed E-state index contributed by atoms with van der Waals surface area (Å²) >= 11 is 0. The maximum absolute atomic E-state index is 18.3. The van der Waals surface area contributed by atoms with E-state index < -0.39 is 84.9 Å². The van der Waals surface area contributed by atoms with E-state index in [4.69, 9.17) is 48.0 Å².